The fourth-order valence-corrected chi connectivity index (χ4v) is 1.27. The summed E-state index contributed by atoms with van der Waals surface area (Å²) in [6.45, 7) is 4.03. The maximum atomic E-state index is 5.35. The van der Waals surface area contributed by atoms with Gasteiger partial charge in [0.15, 0.2) is 0 Å². The first-order valence-electron chi connectivity index (χ1n) is 4.71. The molecule has 0 bridgehead atoms. The van der Waals surface area contributed by atoms with E-state index in [0.717, 1.165) is 0 Å². The molecule has 0 fully saturated rings. The molecule has 0 nitrogen and oxygen atoms in total. The molecule has 70 valence electrons. The van der Waals surface area contributed by atoms with Crippen LogP contribution in [0.25, 0.3) is 0 Å². The average molecular weight is 182 g/mol. The van der Waals surface area contributed by atoms with E-state index in [9.17, 15) is 0 Å². The second kappa shape index (κ2) is 4.54. The molecule has 0 heteroatoms. The summed E-state index contributed by atoms with van der Waals surface area (Å²) in [6, 6.07) is 8.20. The van der Waals surface area contributed by atoms with E-state index < -0.39 is 0 Å². The van der Waals surface area contributed by atoms with Crippen LogP contribution in [0.2, 0.25) is 0 Å². The van der Waals surface area contributed by atoms with Gasteiger partial charge in [0.05, 0.1) is 0 Å². The maximum absolute atomic E-state index is 5.35. The Morgan fingerprint density at radius 3 is 1.36 bits per heavy atom. The summed E-state index contributed by atoms with van der Waals surface area (Å²) < 4.78 is 0. The molecule has 2 atom stereocenters. The predicted octanol–water partition coefficient (Wildman–Crippen LogP) is 3.16. The van der Waals surface area contributed by atoms with Gasteiger partial charge in [0.1, 0.15) is 0 Å². The van der Waals surface area contributed by atoms with E-state index in [1.54, 1.807) is 0 Å². The minimum absolute atomic E-state index is 0.171. The SMILES string of the molecule is C#C[C@@H](C)c1ccc([C@H](C)C#C)cc1. The molecule has 0 heterocycles. The summed E-state index contributed by atoms with van der Waals surface area (Å²) >= 11 is 0. The molecule has 0 aliphatic rings. The second-order valence-corrected chi connectivity index (χ2v) is 3.44. The van der Waals surface area contributed by atoms with Crippen molar-refractivity contribution in [3.05, 3.63) is 35.4 Å². The normalized spacial score (nSPS) is 13.7. The molecule has 0 radical (unpaired) electrons. The first-order valence-corrected chi connectivity index (χ1v) is 4.71. The first kappa shape index (κ1) is 10.4. The van der Waals surface area contributed by atoms with Crippen molar-refractivity contribution in [2.75, 3.05) is 0 Å². The molecule has 0 N–H and O–H groups in total. The van der Waals surface area contributed by atoms with Gasteiger partial charge in [-0.3, -0.25) is 0 Å². The fraction of sp³-hybridized carbons (Fsp3) is 0.286. The van der Waals surface area contributed by atoms with E-state index in [1.807, 2.05) is 38.1 Å². The molecular formula is C14H14. The summed E-state index contributed by atoms with van der Waals surface area (Å²) in [4.78, 5) is 0. The van der Waals surface area contributed by atoms with E-state index >= 15 is 0 Å². The van der Waals surface area contributed by atoms with Gasteiger partial charge >= 0.3 is 0 Å². The maximum Gasteiger partial charge on any atom is 0.0421 e. The van der Waals surface area contributed by atoms with Crippen LogP contribution in [0.4, 0.5) is 0 Å². The summed E-state index contributed by atoms with van der Waals surface area (Å²) in [5.41, 5.74) is 2.33. The van der Waals surface area contributed by atoms with Crippen molar-refractivity contribution in [1.82, 2.24) is 0 Å². The second-order valence-electron chi connectivity index (χ2n) is 3.44. The van der Waals surface area contributed by atoms with E-state index in [2.05, 4.69) is 11.8 Å². The third-order valence-corrected chi connectivity index (χ3v) is 2.44. The number of hydrogen-bond acceptors (Lipinski definition) is 0. The quantitative estimate of drug-likeness (QED) is 0.616. The molecule has 0 saturated heterocycles. The lowest BCUT2D eigenvalue weighted by Crippen LogP contribution is -1.92. The number of rotatable bonds is 2. The van der Waals surface area contributed by atoms with E-state index in [1.165, 1.54) is 11.1 Å². The Balaban J connectivity index is 2.91. The molecule has 0 aromatic heterocycles. The van der Waals surface area contributed by atoms with Gasteiger partial charge < -0.3 is 0 Å². The Bertz CT molecular complexity index is 331. The summed E-state index contributed by atoms with van der Waals surface area (Å²) in [5.74, 6) is 5.75. The Morgan fingerprint density at radius 2 is 1.14 bits per heavy atom. The van der Waals surface area contributed by atoms with Gasteiger partial charge in [-0.05, 0) is 25.0 Å². The zero-order valence-electron chi connectivity index (χ0n) is 8.62. The highest BCUT2D eigenvalue weighted by molar-refractivity contribution is 5.33. The van der Waals surface area contributed by atoms with E-state index in [-0.39, 0.29) is 11.8 Å². The van der Waals surface area contributed by atoms with Crippen LogP contribution < -0.4 is 0 Å². The van der Waals surface area contributed by atoms with Crippen LogP contribution in [0.5, 0.6) is 0 Å². The van der Waals surface area contributed by atoms with E-state index in [0.29, 0.717) is 0 Å². The molecule has 1 aromatic carbocycles. The van der Waals surface area contributed by atoms with Gasteiger partial charge in [0, 0.05) is 11.8 Å². The molecule has 1 rings (SSSR count). The topological polar surface area (TPSA) is 0 Å². The summed E-state index contributed by atoms with van der Waals surface area (Å²) in [7, 11) is 0. The average Bonchev–Trinajstić information content (AvgIpc) is 2.27. The zero-order chi connectivity index (χ0) is 10.6. The lowest BCUT2D eigenvalue weighted by molar-refractivity contribution is 0.976. The highest BCUT2D eigenvalue weighted by Crippen LogP contribution is 2.19. The van der Waals surface area contributed by atoms with Crippen molar-refractivity contribution in [3.8, 4) is 24.7 Å². The Morgan fingerprint density at radius 1 is 0.857 bits per heavy atom. The van der Waals surface area contributed by atoms with Gasteiger partial charge in [0.2, 0.25) is 0 Å². The number of benzene rings is 1. The smallest absolute Gasteiger partial charge is 0.0421 e. The van der Waals surface area contributed by atoms with Crippen LogP contribution in [0.15, 0.2) is 24.3 Å². The molecule has 1 aromatic rings. The third kappa shape index (κ3) is 2.18. The lowest BCUT2D eigenvalue weighted by atomic mass is 9.96. The predicted molar refractivity (Wildman–Crippen MR) is 60.9 cm³/mol. The standard InChI is InChI=1S/C14H14/c1-5-11(3)13-7-9-14(10-8-13)12(4)6-2/h1-2,7-12H,3-4H3/t11-,12-/m1/s1. The molecule has 0 unspecified atom stereocenters. The molecule has 0 spiro atoms. The minimum atomic E-state index is 0.171. The number of hydrogen-bond donors (Lipinski definition) is 0. The van der Waals surface area contributed by atoms with Gasteiger partial charge in [0.25, 0.3) is 0 Å². The van der Waals surface area contributed by atoms with Crippen LogP contribution in [0.1, 0.15) is 36.8 Å². The Kier molecular flexibility index (Phi) is 3.38. The van der Waals surface area contributed by atoms with Crippen molar-refractivity contribution >= 4 is 0 Å². The third-order valence-electron chi connectivity index (χ3n) is 2.44. The molecular weight excluding hydrogens is 168 g/mol. The van der Waals surface area contributed by atoms with Crippen molar-refractivity contribution < 1.29 is 0 Å². The molecule has 0 amide bonds. The number of terminal acetylenes is 2. The lowest BCUT2D eigenvalue weighted by Gasteiger charge is -2.07. The first-order chi connectivity index (χ1) is 6.69. The summed E-state index contributed by atoms with van der Waals surface area (Å²) in [6.07, 6.45) is 10.7. The van der Waals surface area contributed by atoms with Crippen LogP contribution in [0, 0.1) is 24.7 Å². The fourth-order valence-electron chi connectivity index (χ4n) is 1.27. The Labute approximate surface area is 86.3 Å². The molecule has 0 saturated carbocycles. The van der Waals surface area contributed by atoms with Crippen molar-refractivity contribution in [2.24, 2.45) is 0 Å². The molecule has 0 aliphatic heterocycles. The largest absolute Gasteiger partial charge is 0.119 e. The van der Waals surface area contributed by atoms with Crippen molar-refractivity contribution in [2.45, 2.75) is 25.7 Å². The minimum Gasteiger partial charge on any atom is -0.119 e. The van der Waals surface area contributed by atoms with E-state index in [4.69, 9.17) is 12.8 Å². The summed E-state index contributed by atoms with van der Waals surface area (Å²) in [5, 5.41) is 0. The highest BCUT2D eigenvalue weighted by atomic mass is 14.1. The van der Waals surface area contributed by atoms with Crippen LogP contribution in [0.3, 0.4) is 0 Å². The van der Waals surface area contributed by atoms with Gasteiger partial charge in [-0.15, -0.1) is 12.8 Å². The van der Waals surface area contributed by atoms with Crippen molar-refractivity contribution in [1.29, 1.82) is 0 Å². The van der Waals surface area contributed by atoms with Crippen LogP contribution in [-0.4, -0.2) is 0 Å². The highest BCUT2D eigenvalue weighted by Gasteiger charge is 2.03. The zero-order valence-corrected chi connectivity index (χ0v) is 8.62. The molecule has 14 heavy (non-hydrogen) atoms. The molecule has 0 aliphatic carbocycles. The van der Waals surface area contributed by atoms with Gasteiger partial charge in [-0.25, -0.2) is 0 Å². The monoisotopic (exact) mass is 182 g/mol. The van der Waals surface area contributed by atoms with Crippen LogP contribution in [-0.2, 0) is 0 Å². The Hall–Kier alpha value is -1.66. The van der Waals surface area contributed by atoms with Crippen molar-refractivity contribution in [3.63, 3.8) is 0 Å². The van der Waals surface area contributed by atoms with Crippen LogP contribution >= 0.6 is 0 Å². The van der Waals surface area contributed by atoms with Gasteiger partial charge in [-0.1, -0.05) is 36.1 Å². The van der Waals surface area contributed by atoms with Gasteiger partial charge in [-0.2, -0.15) is 0 Å².